The molecule has 88 valence electrons. The number of aliphatic hydroxyl groups is 1. The molecule has 0 aromatic heterocycles. The molecule has 1 unspecified atom stereocenters. The Kier molecular flexibility index (Phi) is 4.07. The Morgan fingerprint density at radius 3 is 2.19 bits per heavy atom. The summed E-state index contributed by atoms with van der Waals surface area (Å²) in [6, 6.07) is 7.48. The van der Waals surface area contributed by atoms with E-state index in [0.717, 1.165) is 6.42 Å². The van der Waals surface area contributed by atoms with E-state index in [1.807, 2.05) is 24.3 Å². The molecule has 0 bridgehead atoms. The van der Waals surface area contributed by atoms with Crippen LogP contribution < -0.4 is 0 Å². The van der Waals surface area contributed by atoms with Gasteiger partial charge in [0, 0.05) is 0 Å². The fraction of sp³-hybridized carbons (Fsp3) is 0.462. The fourth-order valence-corrected chi connectivity index (χ4v) is 1.73. The van der Waals surface area contributed by atoms with E-state index in [0.29, 0.717) is 12.0 Å². The van der Waals surface area contributed by atoms with Crippen molar-refractivity contribution in [1.82, 2.24) is 0 Å². The first-order chi connectivity index (χ1) is 7.51. The molecule has 1 atom stereocenters. The second-order valence-electron chi connectivity index (χ2n) is 4.01. The van der Waals surface area contributed by atoms with Crippen molar-refractivity contribution in [3.8, 4) is 0 Å². The van der Waals surface area contributed by atoms with Gasteiger partial charge in [0.1, 0.15) is 0 Å². The van der Waals surface area contributed by atoms with Crippen LogP contribution in [0.15, 0.2) is 24.3 Å². The summed E-state index contributed by atoms with van der Waals surface area (Å²) in [5.41, 5.74) is 0.602. The van der Waals surface area contributed by atoms with Gasteiger partial charge < -0.3 is 10.2 Å². The average molecular weight is 222 g/mol. The summed E-state index contributed by atoms with van der Waals surface area (Å²) in [4.78, 5) is 10.7. The summed E-state index contributed by atoms with van der Waals surface area (Å²) in [6.07, 6.45) is 1.07. The summed E-state index contributed by atoms with van der Waals surface area (Å²) < 4.78 is 0. The molecule has 0 saturated carbocycles. The third kappa shape index (κ3) is 2.83. The van der Waals surface area contributed by atoms with E-state index >= 15 is 0 Å². The Balaban J connectivity index is 2.98. The lowest BCUT2D eigenvalue weighted by atomic mass is 9.87. The van der Waals surface area contributed by atoms with Gasteiger partial charge in [-0.2, -0.15) is 0 Å². The Bertz CT molecular complexity index is 356. The van der Waals surface area contributed by atoms with Crippen molar-refractivity contribution in [2.75, 3.05) is 0 Å². The summed E-state index contributed by atoms with van der Waals surface area (Å²) in [5.74, 6) is -0.982. The molecule has 1 aromatic carbocycles. The van der Waals surface area contributed by atoms with Crippen LogP contribution in [0.1, 0.15) is 37.8 Å². The Morgan fingerprint density at radius 1 is 1.25 bits per heavy atom. The van der Waals surface area contributed by atoms with E-state index in [4.69, 9.17) is 5.11 Å². The van der Waals surface area contributed by atoms with Crippen LogP contribution in [0.5, 0.6) is 0 Å². The third-order valence-electron chi connectivity index (χ3n) is 2.93. The zero-order valence-electron chi connectivity index (χ0n) is 9.73. The highest BCUT2D eigenvalue weighted by atomic mass is 16.4. The van der Waals surface area contributed by atoms with Gasteiger partial charge in [-0.05, 0) is 24.0 Å². The minimum Gasteiger partial charge on any atom is -0.481 e. The first-order valence-electron chi connectivity index (χ1n) is 5.55. The Labute approximate surface area is 95.7 Å². The number of aliphatic carboxylic acids is 1. The lowest BCUT2D eigenvalue weighted by Crippen LogP contribution is -2.28. The second kappa shape index (κ2) is 5.12. The van der Waals surface area contributed by atoms with Crippen molar-refractivity contribution < 1.29 is 15.0 Å². The summed E-state index contributed by atoms with van der Waals surface area (Å²) >= 11 is 0. The second-order valence-corrected chi connectivity index (χ2v) is 4.01. The van der Waals surface area contributed by atoms with E-state index in [1.165, 1.54) is 5.56 Å². The lowest BCUT2D eigenvalue weighted by molar-refractivity contribution is -0.143. The number of carboxylic acid groups (broad SMARTS) is 1. The highest BCUT2D eigenvalue weighted by Crippen LogP contribution is 2.28. The van der Waals surface area contributed by atoms with Crippen molar-refractivity contribution in [3.05, 3.63) is 35.4 Å². The smallest absolute Gasteiger partial charge is 0.306 e. The van der Waals surface area contributed by atoms with Gasteiger partial charge in [0.15, 0.2) is 0 Å². The van der Waals surface area contributed by atoms with Crippen LogP contribution in [0.25, 0.3) is 0 Å². The molecule has 0 saturated heterocycles. The molecule has 0 amide bonds. The molecular formula is C13H18O3. The normalized spacial score (nSPS) is 14.4. The quantitative estimate of drug-likeness (QED) is 0.803. The molecule has 16 heavy (non-hydrogen) atoms. The molecule has 3 heteroatoms. The highest BCUT2D eigenvalue weighted by molar-refractivity contribution is 5.68. The Hall–Kier alpha value is -1.35. The van der Waals surface area contributed by atoms with Gasteiger partial charge in [0.2, 0.25) is 0 Å². The summed E-state index contributed by atoms with van der Waals surface area (Å²) in [7, 11) is 0. The number of carboxylic acids is 1. The number of hydrogen-bond acceptors (Lipinski definition) is 2. The molecule has 0 aliphatic heterocycles. The van der Waals surface area contributed by atoms with E-state index in [-0.39, 0.29) is 6.42 Å². The first kappa shape index (κ1) is 12.7. The molecule has 0 spiro atoms. The maximum Gasteiger partial charge on any atom is 0.306 e. The van der Waals surface area contributed by atoms with Crippen molar-refractivity contribution in [2.24, 2.45) is 0 Å². The standard InChI is InChI=1S/C13H18O3/c1-3-10-5-7-11(8-6-10)13(16,4-2)9-12(14)15/h5-8,16H,3-4,9H2,1-2H3,(H,14,15). The van der Waals surface area contributed by atoms with Gasteiger partial charge >= 0.3 is 5.97 Å². The zero-order chi connectivity index (χ0) is 12.2. The fourth-order valence-electron chi connectivity index (χ4n) is 1.73. The van der Waals surface area contributed by atoms with Crippen molar-refractivity contribution >= 4 is 5.97 Å². The van der Waals surface area contributed by atoms with Crippen LogP contribution in [0.2, 0.25) is 0 Å². The van der Waals surface area contributed by atoms with Gasteiger partial charge in [0.05, 0.1) is 12.0 Å². The number of benzene rings is 1. The largest absolute Gasteiger partial charge is 0.481 e. The van der Waals surface area contributed by atoms with Crippen LogP contribution in [-0.2, 0) is 16.8 Å². The molecule has 0 aliphatic carbocycles. The van der Waals surface area contributed by atoms with E-state index in [1.54, 1.807) is 6.92 Å². The van der Waals surface area contributed by atoms with E-state index in [2.05, 4.69) is 6.92 Å². The summed E-state index contributed by atoms with van der Waals surface area (Å²) in [6.45, 7) is 3.84. The van der Waals surface area contributed by atoms with Gasteiger partial charge in [-0.1, -0.05) is 38.1 Å². The highest BCUT2D eigenvalue weighted by Gasteiger charge is 2.29. The number of hydrogen-bond donors (Lipinski definition) is 2. The molecular weight excluding hydrogens is 204 g/mol. The predicted molar refractivity (Wildman–Crippen MR) is 62.3 cm³/mol. The molecule has 0 fully saturated rings. The lowest BCUT2D eigenvalue weighted by Gasteiger charge is -2.25. The monoisotopic (exact) mass is 222 g/mol. The molecule has 0 aliphatic rings. The molecule has 1 rings (SSSR count). The maximum atomic E-state index is 10.7. The number of aryl methyl sites for hydroxylation is 1. The van der Waals surface area contributed by atoms with E-state index < -0.39 is 11.6 Å². The van der Waals surface area contributed by atoms with Gasteiger partial charge in [-0.3, -0.25) is 4.79 Å². The van der Waals surface area contributed by atoms with Gasteiger partial charge in [-0.15, -0.1) is 0 Å². The van der Waals surface area contributed by atoms with Crippen molar-refractivity contribution in [3.63, 3.8) is 0 Å². The summed E-state index contributed by atoms with van der Waals surface area (Å²) in [5, 5.41) is 19.0. The molecule has 2 N–H and O–H groups in total. The van der Waals surface area contributed by atoms with Crippen LogP contribution in [0.4, 0.5) is 0 Å². The molecule has 1 aromatic rings. The molecule has 3 nitrogen and oxygen atoms in total. The number of carbonyl (C=O) groups is 1. The predicted octanol–water partition coefficient (Wildman–Crippen LogP) is 2.32. The van der Waals surface area contributed by atoms with Crippen LogP contribution in [-0.4, -0.2) is 16.2 Å². The van der Waals surface area contributed by atoms with Crippen LogP contribution >= 0.6 is 0 Å². The van der Waals surface area contributed by atoms with Gasteiger partial charge in [-0.25, -0.2) is 0 Å². The number of rotatable bonds is 5. The maximum absolute atomic E-state index is 10.7. The van der Waals surface area contributed by atoms with Crippen LogP contribution in [0.3, 0.4) is 0 Å². The zero-order valence-corrected chi connectivity index (χ0v) is 9.73. The first-order valence-corrected chi connectivity index (χ1v) is 5.55. The average Bonchev–Trinajstić information content (AvgIpc) is 2.28. The SMILES string of the molecule is CCc1ccc(C(O)(CC)CC(=O)O)cc1. The van der Waals surface area contributed by atoms with Gasteiger partial charge in [0.25, 0.3) is 0 Å². The van der Waals surface area contributed by atoms with Crippen LogP contribution in [0, 0.1) is 0 Å². The van der Waals surface area contributed by atoms with Crippen molar-refractivity contribution in [1.29, 1.82) is 0 Å². The minimum absolute atomic E-state index is 0.255. The Morgan fingerprint density at radius 2 is 1.81 bits per heavy atom. The third-order valence-corrected chi connectivity index (χ3v) is 2.93. The molecule has 0 radical (unpaired) electrons. The van der Waals surface area contributed by atoms with Crippen molar-refractivity contribution in [2.45, 2.75) is 38.7 Å². The minimum atomic E-state index is -1.25. The van der Waals surface area contributed by atoms with E-state index in [9.17, 15) is 9.90 Å². The molecule has 0 heterocycles. The topological polar surface area (TPSA) is 57.5 Å².